The first kappa shape index (κ1) is 24.4. The number of sulfonamides is 1. The summed E-state index contributed by atoms with van der Waals surface area (Å²) in [5.74, 6) is -5.69. The van der Waals surface area contributed by atoms with Crippen LogP contribution in [0, 0.1) is 5.89 Å². The Bertz CT molecular complexity index is 1990. The zero-order chi connectivity index (χ0) is 45.5. The highest BCUT2D eigenvalue weighted by Crippen LogP contribution is 2.37. The molecule has 0 aliphatic heterocycles. The molecule has 15 heteroatoms. The van der Waals surface area contributed by atoms with Crippen LogP contribution in [-0.4, -0.2) is 73.3 Å². The molecule has 3 rings (SSSR count). The van der Waals surface area contributed by atoms with Crippen LogP contribution in [0.15, 0.2) is 89.8 Å². The first-order valence-electron chi connectivity index (χ1n) is 20.5. The van der Waals surface area contributed by atoms with Gasteiger partial charge in [-0.15, -0.1) is 0 Å². The molecule has 0 bridgehead atoms. The Morgan fingerprint density at radius 3 is 2.15 bits per heavy atom. The minimum atomic E-state index is -5.63. The molecule has 0 saturated heterocycles. The van der Waals surface area contributed by atoms with Gasteiger partial charge in [0, 0.05) is 41.7 Å². The number of ether oxygens (including phenoxy) is 1. The van der Waals surface area contributed by atoms with Gasteiger partial charge in [-0.05, 0) is 54.1 Å². The second-order valence-corrected chi connectivity index (χ2v) is 13.4. The number of nitrogens with zero attached hydrogens (tertiary/aromatic N) is 1. The standard InChI is InChI=1S/C33H45N4O9PS/c1-24(2)22-37(48(43,44)29-19-17-27(34)18-20-29)28(23-46-47(40,41)42)16-10-11-21-35-32(38)31(36-33(39)45-3)30(25-12-6-4-7-13-25)26-14-8-5-9-15-26/h4-9,12-15,17-20,24,28,30-31H,10-11,16,21-23,34H2,1-3H3,(H,35,38)(H,36,39)(H2,40,41,42)/t28-,31-/m0/s1/i1D3,2D3,3D3,22D,23D,24D/t22?,23?,28-,31-. The average Bonchev–Trinajstić information content (AvgIpc) is 3.12. The van der Waals surface area contributed by atoms with E-state index >= 15 is 0 Å². The van der Waals surface area contributed by atoms with Crippen molar-refractivity contribution in [1.82, 2.24) is 14.9 Å². The summed E-state index contributed by atoms with van der Waals surface area (Å²) in [5, 5.41) is 4.89. The minimum absolute atomic E-state index is 0.0509. The normalized spacial score (nSPS) is 19.3. The van der Waals surface area contributed by atoms with Gasteiger partial charge in [0.25, 0.3) is 0 Å². The smallest absolute Gasteiger partial charge is 0.453 e. The third kappa shape index (κ3) is 11.7. The Kier molecular flexibility index (Phi) is 9.20. The van der Waals surface area contributed by atoms with Crippen LogP contribution >= 0.6 is 7.82 Å². The predicted molar refractivity (Wildman–Crippen MR) is 182 cm³/mol. The molecule has 0 aliphatic rings. The summed E-state index contributed by atoms with van der Waals surface area (Å²) in [6.07, 6.45) is -2.60. The molecule has 4 atom stereocenters. The maximum Gasteiger partial charge on any atom is 0.469 e. The first-order chi connectivity index (χ1) is 27.5. The van der Waals surface area contributed by atoms with Crippen molar-refractivity contribution in [2.45, 2.75) is 55.9 Å². The number of nitrogens with two attached hydrogens (primary N) is 1. The van der Waals surface area contributed by atoms with Gasteiger partial charge in [0.05, 0.1) is 24.0 Å². The number of hydrogen-bond donors (Lipinski definition) is 5. The number of anilines is 1. The number of nitrogens with one attached hydrogen (secondary N) is 2. The van der Waals surface area contributed by atoms with E-state index in [1.54, 1.807) is 60.7 Å². The van der Waals surface area contributed by atoms with Crippen LogP contribution in [-0.2, 0) is 28.6 Å². The fraction of sp³-hybridized carbons (Fsp3) is 0.394. The molecule has 0 heterocycles. The van der Waals surface area contributed by atoms with Gasteiger partial charge in [-0.1, -0.05) is 80.8 Å². The van der Waals surface area contributed by atoms with Crippen LogP contribution in [0.5, 0.6) is 0 Å². The molecule has 0 spiro atoms. The molecule has 13 nitrogen and oxygen atoms in total. The number of hydrogen-bond acceptors (Lipinski definition) is 8. The average molecular weight is 717 g/mol. The zero-order valence-electron chi connectivity index (χ0n) is 37.4. The number of amides is 2. The van der Waals surface area contributed by atoms with E-state index in [4.69, 9.17) is 22.2 Å². The van der Waals surface area contributed by atoms with Gasteiger partial charge in [-0.3, -0.25) is 9.32 Å². The molecule has 0 radical (unpaired) electrons. The van der Waals surface area contributed by atoms with E-state index in [9.17, 15) is 32.4 Å². The van der Waals surface area contributed by atoms with Crippen LogP contribution in [0.2, 0.25) is 0 Å². The van der Waals surface area contributed by atoms with Gasteiger partial charge in [-0.2, -0.15) is 4.31 Å². The maximum atomic E-state index is 14.3. The fourth-order valence-corrected chi connectivity index (χ4v) is 6.57. The van der Waals surface area contributed by atoms with Gasteiger partial charge in [0.1, 0.15) is 6.04 Å². The first-order valence-corrected chi connectivity index (χ1v) is 17.3. The molecule has 6 N–H and O–H groups in total. The van der Waals surface area contributed by atoms with Gasteiger partial charge in [0.15, 0.2) is 0 Å². The fourth-order valence-electron chi connectivity index (χ4n) is 4.79. The quantitative estimate of drug-likeness (QED) is 0.0722. The lowest BCUT2D eigenvalue weighted by atomic mass is 9.84. The Balaban J connectivity index is 2.03. The molecule has 48 heavy (non-hydrogen) atoms. The number of benzene rings is 3. The number of unbranched alkanes of at least 4 members (excludes halogenated alkanes) is 1. The zero-order valence-corrected chi connectivity index (χ0v) is 27.1. The molecule has 0 aromatic heterocycles. The third-order valence-corrected chi connectivity index (χ3v) is 9.11. The number of carbonyl (C=O) groups is 2. The summed E-state index contributed by atoms with van der Waals surface area (Å²) >= 11 is 0. The Morgan fingerprint density at radius 1 is 1.00 bits per heavy atom. The van der Waals surface area contributed by atoms with Crippen LogP contribution < -0.4 is 16.4 Å². The van der Waals surface area contributed by atoms with Gasteiger partial charge >= 0.3 is 13.9 Å². The third-order valence-electron chi connectivity index (χ3n) is 6.92. The molecule has 0 aliphatic carbocycles. The van der Waals surface area contributed by atoms with Crippen molar-refractivity contribution in [3.05, 3.63) is 96.1 Å². The Morgan fingerprint density at radius 2 is 1.60 bits per heavy atom. The van der Waals surface area contributed by atoms with Crippen molar-refractivity contribution in [3.63, 3.8) is 0 Å². The lowest BCUT2D eigenvalue weighted by Gasteiger charge is -2.32. The van der Waals surface area contributed by atoms with E-state index in [0.717, 1.165) is 24.3 Å². The summed E-state index contributed by atoms with van der Waals surface area (Å²) in [7, 11) is -14.1. The van der Waals surface area contributed by atoms with Crippen molar-refractivity contribution >= 4 is 35.5 Å². The number of phosphoric acid groups is 1. The van der Waals surface area contributed by atoms with E-state index in [1.165, 1.54) is 0 Å². The van der Waals surface area contributed by atoms with Gasteiger partial charge in [-0.25, -0.2) is 17.8 Å². The molecule has 2 amide bonds. The SMILES string of the molecule is [2H]C(OP(=O)(O)O)[C@H](CCCCNC(=O)[C@@H](NC(=O)OC([2H])([2H])[2H])C(c1ccccc1)c1ccccc1)N(C([2H])C([2H])(C([2H])([2H])[2H])C([2H])([2H])[2H])S(=O)(=O)c1ccc(N)cc1. The summed E-state index contributed by atoms with van der Waals surface area (Å²) in [4.78, 5) is 45.1. The van der Waals surface area contributed by atoms with Crippen molar-refractivity contribution in [2.24, 2.45) is 5.89 Å². The highest BCUT2D eigenvalue weighted by molar-refractivity contribution is 7.89. The summed E-state index contributed by atoms with van der Waals surface area (Å²) in [5.41, 5.74) is 6.79. The predicted octanol–water partition coefficient (Wildman–Crippen LogP) is 4.24. The van der Waals surface area contributed by atoms with Crippen molar-refractivity contribution in [2.75, 3.05) is 32.4 Å². The number of methoxy groups -OCH3 is 1. The lowest BCUT2D eigenvalue weighted by molar-refractivity contribution is -0.123. The highest BCUT2D eigenvalue weighted by atomic mass is 32.2. The molecule has 3 aromatic rings. The van der Waals surface area contributed by atoms with Crippen molar-refractivity contribution < 1.29 is 58.1 Å². The van der Waals surface area contributed by atoms with Crippen molar-refractivity contribution in [1.29, 1.82) is 0 Å². The number of carbonyl (C=O) groups excluding carboxylic acids is 2. The molecule has 262 valence electrons. The number of nitrogen functional groups attached to an aromatic ring is 1. The Hall–Kier alpha value is -3.78. The van der Waals surface area contributed by atoms with Gasteiger partial charge < -0.3 is 30.9 Å². The lowest BCUT2D eigenvalue weighted by Crippen LogP contribution is -2.50. The van der Waals surface area contributed by atoms with E-state index in [-0.39, 0.29) is 29.4 Å². The molecule has 0 saturated carbocycles. The minimum Gasteiger partial charge on any atom is -0.453 e. The molecule has 3 aromatic carbocycles. The largest absolute Gasteiger partial charge is 0.469 e. The number of rotatable bonds is 18. The molecule has 0 fully saturated rings. The highest BCUT2D eigenvalue weighted by Gasteiger charge is 2.35. The number of alkyl carbamates (subject to hydrolysis) is 1. The summed E-state index contributed by atoms with van der Waals surface area (Å²) in [6, 6.07) is 17.0. The van der Waals surface area contributed by atoms with E-state index in [0.29, 0.717) is 11.1 Å². The van der Waals surface area contributed by atoms with Crippen LogP contribution in [0.4, 0.5) is 10.5 Å². The Labute approximate surface area is 299 Å². The van der Waals surface area contributed by atoms with Gasteiger partial charge in [0.2, 0.25) is 15.9 Å². The number of phosphoric ester groups is 1. The van der Waals surface area contributed by atoms with Crippen LogP contribution in [0.25, 0.3) is 0 Å². The summed E-state index contributed by atoms with van der Waals surface area (Å²) < 4.78 is 145. The van der Waals surface area contributed by atoms with Crippen molar-refractivity contribution in [3.8, 4) is 0 Å². The second kappa shape index (κ2) is 18.1. The van der Waals surface area contributed by atoms with Crippen LogP contribution in [0.1, 0.15) is 66.5 Å². The maximum absolute atomic E-state index is 14.3. The second-order valence-electron chi connectivity index (χ2n) is 10.3. The molecular formula is C33H45N4O9PS. The van der Waals surface area contributed by atoms with E-state index < -0.39 is 98.9 Å². The molecular weight excluding hydrogens is 659 g/mol. The van der Waals surface area contributed by atoms with E-state index in [2.05, 4.69) is 19.9 Å². The summed E-state index contributed by atoms with van der Waals surface area (Å²) in [6.45, 7) is -13.8. The monoisotopic (exact) mass is 716 g/mol. The van der Waals surface area contributed by atoms with E-state index in [1.807, 2.05) is 0 Å². The topological polar surface area (TPSA) is 198 Å². The molecule has 2 unspecified atom stereocenters. The van der Waals surface area contributed by atoms with Crippen LogP contribution in [0.3, 0.4) is 0 Å².